The van der Waals surface area contributed by atoms with Gasteiger partial charge >= 0.3 is 0 Å². The van der Waals surface area contributed by atoms with Gasteiger partial charge in [-0.15, -0.1) is 0 Å². The number of nitrogens with zero attached hydrogens (tertiary/aromatic N) is 1. The van der Waals surface area contributed by atoms with Crippen molar-refractivity contribution in [1.82, 2.24) is 4.90 Å². The topological polar surface area (TPSA) is 38.8 Å². The molecule has 0 radical (unpaired) electrons. The number of carbonyl (C=O) groups excluding carboxylic acids is 1. The minimum Gasteiger partial charge on any atom is -0.485 e. The zero-order valence-corrected chi connectivity index (χ0v) is 14.4. The van der Waals surface area contributed by atoms with Gasteiger partial charge in [0, 0.05) is 12.1 Å². The smallest absolute Gasteiger partial charge is 0.268 e. The third-order valence-electron chi connectivity index (χ3n) is 4.04. The number of benzene rings is 2. The number of fused-ring (bicyclic) bond motifs is 1. The summed E-state index contributed by atoms with van der Waals surface area (Å²) in [7, 11) is 0. The molecule has 1 aliphatic heterocycles. The van der Waals surface area contributed by atoms with Crippen LogP contribution in [0.4, 0.5) is 0 Å². The van der Waals surface area contributed by atoms with E-state index in [0.717, 1.165) is 5.56 Å². The first-order chi connectivity index (χ1) is 11.4. The number of carbonyl (C=O) groups is 1. The van der Waals surface area contributed by atoms with Crippen molar-refractivity contribution in [3.05, 3.63) is 60.2 Å². The van der Waals surface area contributed by atoms with Crippen LogP contribution in [0.25, 0.3) is 0 Å². The highest BCUT2D eigenvalue weighted by Gasteiger charge is 2.35. The predicted molar refractivity (Wildman–Crippen MR) is 93.1 cm³/mol. The SMILES string of the molecule is CC(C)(C)N(Cc1ccccc1)C(=O)C1COc2ccccc2O1. The summed E-state index contributed by atoms with van der Waals surface area (Å²) in [6, 6.07) is 17.4. The summed E-state index contributed by atoms with van der Waals surface area (Å²) in [4.78, 5) is 14.9. The van der Waals surface area contributed by atoms with Crippen molar-refractivity contribution < 1.29 is 14.3 Å². The zero-order valence-electron chi connectivity index (χ0n) is 14.4. The molecule has 2 aromatic rings. The Morgan fingerprint density at radius 1 is 1.04 bits per heavy atom. The summed E-state index contributed by atoms with van der Waals surface area (Å²) in [5, 5.41) is 0. The van der Waals surface area contributed by atoms with Crippen molar-refractivity contribution >= 4 is 5.91 Å². The van der Waals surface area contributed by atoms with Gasteiger partial charge in [0.1, 0.15) is 6.61 Å². The molecule has 0 saturated carbocycles. The Balaban J connectivity index is 1.80. The number of hydrogen-bond donors (Lipinski definition) is 0. The van der Waals surface area contributed by atoms with Crippen LogP contribution in [0.2, 0.25) is 0 Å². The van der Waals surface area contributed by atoms with Crippen LogP contribution in [0.15, 0.2) is 54.6 Å². The molecule has 1 unspecified atom stereocenters. The van der Waals surface area contributed by atoms with Gasteiger partial charge in [-0.2, -0.15) is 0 Å². The van der Waals surface area contributed by atoms with E-state index in [1.807, 2.05) is 80.3 Å². The molecular weight excluding hydrogens is 302 g/mol. The number of rotatable bonds is 3. The van der Waals surface area contributed by atoms with Crippen LogP contribution in [0.1, 0.15) is 26.3 Å². The Hall–Kier alpha value is -2.49. The quantitative estimate of drug-likeness (QED) is 0.864. The van der Waals surface area contributed by atoms with Crippen LogP contribution in [0.5, 0.6) is 11.5 Å². The second kappa shape index (κ2) is 6.56. The van der Waals surface area contributed by atoms with Crippen LogP contribution in [-0.2, 0) is 11.3 Å². The maximum absolute atomic E-state index is 13.1. The molecule has 1 aliphatic rings. The predicted octanol–water partition coefficient (Wildman–Crippen LogP) is 3.65. The van der Waals surface area contributed by atoms with Gasteiger partial charge < -0.3 is 14.4 Å². The molecule has 1 amide bonds. The largest absolute Gasteiger partial charge is 0.485 e. The maximum atomic E-state index is 13.1. The highest BCUT2D eigenvalue weighted by Crippen LogP contribution is 2.32. The molecule has 3 rings (SSSR count). The number of para-hydroxylation sites is 2. The summed E-state index contributed by atoms with van der Waals surface area (Å²) in [5.74, 6) is 1.25. The number of hydrogen-bond acceptors (Lipinski definition) is 3. The molecule has 4 heteroatoms. The Morgan fingerprint density at radius 3 is 2.33 bits per heavy atom. The molecule has 0 fully saturated rings. The van der Waals surface area contributed by atoms with Crippen molar-refractivity contribution in [1.29, 1.82) is 0 Å². The molecular formula is C20H23NO3. The van der Waals surface area contributed by atoms with Crippen molar-refractivity contribution in [3.8, 4) is 11.5 Å². The lowest BCUT2D eigenvalue weighted by molar-refractivity contribution is -0.147. The molecule has 4 nitrogen and oxygen atoms in total. The lowest BCUT2D eigenvalue weighted by Gasteiger charge is -2.39. The van der Waals surface area contributed by atoms with E-state index in [-0.39, 0.29) is 18.1 Å². The highest BCUT2D eigenvalue weighted by molar-refractivity contribution is 5.82. The van der Waals surface area contributed by atoms with Gasteiger partial charge in [0.05, 0.1) is 0 Å². The fourth-order valence-electron chi connectivity index (χ4n) is 2.73. The van der Waals surface area contributed by atoms with E-state index in [4.69, 9.17) is 9.47 Å². The van der Waals surface area contributed by atoms with Gasteiger partial charge in [-0.1, -0.05) is 42.5 Å². The van der Waals surface area contributed by atoms with E-state index in [1.165, 1.54) is 0 Å². The second-order valence-electron chi connectivity index (χ2n) is 6.95. The van der Waals surface area contributed by atoms with Crippen LogP contribution < -0.4 is 9.47 Å². The Kier molecular flexibility index (Phi) is 4.47. The van der Waals surface area contributed by atoms with Gasteiger partial charge in [0.25, 0.3) is 5.91 Å². The molecule has 126 valence electrons. The second-order valence-corrected chi connectivity index (χ2v) is 6.95. The molecule has 0 aliphatic carbocycles. The normalized spacial score (nSPS) is 16.5. The fourth-order valence-corrected chi connectivity index (χ4v) is 2.73. The molecule has 0 aromatic heterocycles. The van der Waals surface area contributed by atoms with Crippen molar-refractivity contribution in [2.75, 3.05) is 6.61 Å². The first-order valence-electron chi connectivity index (χ1n) is 8.19. The van der Waals surface area contributed by atoms with Crippen LogP contribution in [-0.4, -0.2) is 29.1 Å². The highest BCUT2D eigenvalue weighted by atomic mass is 16.6. The fraction of sp³-hybridized carbons (Fsp3) is 0.350. The molecule has 1 atom stereocenters. The molecule has 1 heterocycles. The first-order valence-corrected chi connectivity index (χ1v) is 8.19. The number of amides is 1. The Morgan fingerprint density at radius 2 is 1.67 bits per heavy atom. The Labute approximate surface area is 143 Å². The monoisotopic (exact) mass is 325 g/mol. The molecule has 0 bridgehead atoms. The average Bonchev–Trinajstić information content (AvgIpc) is 2.58. The molecule has 0 saturated heterocycles. The van der Waals surface area contributed by atoms with Gasteiger partial charge in [0.15, 0.2) is 11.5 Å². The van der Waals surface area contributed by atoms with Gasteiger partial charge in [-0.05, 0) is 38.5 Å². The molecule has 0 spiro atoms. The van der Waals surface area contributed by atoms with Crippen LogP contribution in [0.3, 0.4) is 0 Å². The van der Waals surface area contributed by atoms with E-state index in [9.17, 15) is 4.79 Å². The summed E-state index contributed by atoms with van der Waals surface area (Å²) in [5.41, 5.74) is 0.783. The van der Waals surface area contributed by atoms with E-state index in [2.05, 4.69) is 0 Å². The lowest BCUT2D eigenvalue weighted by Crippen LogP contribution is -2.53. The Bertz CT molecular complexity index is 706. The molecule has 2 aromatic carbocycles. The zero-order chi connectivity index (χ0) is 17.2. The van der Waals surface area contributed by atoms with Crippen molar-refractivity contribution in [3.63, 3.8) is 0 Å². The molecule has 24 heavy (non-hydrogen) atoms. The van der Waals surface area contributed by atoms with Crippen LogP contribution >= 0.6 is 0 Å². The average molecular weight is 325 g/mol. The van der Waals surface area contributed by atoms with E-state index >= 15 is 0 Å². The summed E-state index contributed by atoms with van der Waals surface area (Å²) in [6.45, 7) is 6.88. The van der Waals surface area contributed by atoms with Gasteiger partial charge in [-0.3, -0.25) is 4.79 Å². The van der Waals surface area contributed by atoms with Crippen molar-refractivity contribution in [2.24, 2.45) is 0 Å². The lowest BCUT2D eigenvalue weighted by atomic mass is 10.0. The summed E-state index contributed by atoms with van der Waals surface area (Å²) >= 11 is 0. The minimum absolute atomic E-state index is 0.0548. The molecule has 0 N–H and O–H groups in total. The minimum atomic E-state index is -0.622. The first kappa shape index (κ1) is 16.4. The third kappa shape index (κ3) is 3.53. The standard InChI is InChI=1S/C20H23NO3/c1-20(2,3)21(13-15-9-5-4-6-10-15)19(22)18-14-23-16-11-7-8-12-17(16)24-18/h4-12,18H,13-14H2,1-3H3. The third-order valence-corrected chi connectivity index (χ3v) is 4.04. The van der Waals surface area contributed by atoms with Crippen LogP contribution in [0, 0.1) is 0 Å². The van der Waals surface area contributed by atoms with E-state index in [0.29, 0.717) is 18.0 Å². The van der Waals surface area contributed by atoms with Gasteiger partial charge in [-0.25, -0.2) is 0 Å². The van der Waals surface area contributed by atoms with E-state index < -0.39 is 6.10 Å². The summed E-state index contributed by atoms with van der Waals surface area (Å²) in [6.07, 6.45) is -0.622. The number of ether oxygens (including phenoxy) is 2. The summed E-state index contributed by atoms with van der Waals surface area (Å²) < 4.78 is 11.6. The van der Waals surface area contributed by atoms with Crippen molar-refractivity contribution in [2.45, 2.75) is 39.0 Å². The van der Waals surface area contributed by atoms with E-state index in [1.54, 1.807) is 0 Å². The maximum Gasteiger partial charge on any atom is 0.268 e. The van der Waals surface area contributed by atoms with Gasteiger partial charge in [0.2, 0.25) is 6.10 Å².